The SMILES string of the molecule is CCNC(=NCc1c(C)nn(-c2ccccc2)c1C)NC1CCN(CC(F)(F)F)C1. The molecule has 30 heavy (non-hydrogen) atoms. The minimum Gasteiger partial charge on any atom is -0.357 e. The molecule has 2 N–H and O–H groups in total. The Labute approximate surface area is 175 Å². The molecule has 1 saturated heterocycles. The van der Waals surface area contributed by atoms with E-state index in [4.69, 9.17) is 0 Å². The van der Waals surface area contributed by atoms with Crippen molar-refractivity contribution in [3.63, 3.8) is 0 Å². The molecule has 1 fully saturated rings. The molecule has 0 radical (unpaired) electrons. The Bertz CT molecular complexity index is 860. The molecule has 164 valence electrons. The predicted molar refractivity (Wildman–Crippen MR) is 112 cm³/mol. The minimum atomic E-state index is -4.17. The third-order valence-electron chi connectivity index (χ3n) is 5.20. The lowest BCUT2D eigenvalue weighted by atomic mass is 10.2. The van der Waals surface area contributed by atoms with E-state index < -0.39 is 12.7 Å². The van der Waals surface area contributed by atoms with E-state index >= 15 is 0 Å². The number of guanidine groups is 1. The lowest BCUT2D eigenvalue weighted by molar-refractivity contribution is -0.143. The summed E-state index contributed by atoms with van der Waals surface area (Å²) in [7, 11) is 0. The van der Waals surface area contributed by atoms with Crippen molar-refractivity contribution >= 4 is 5.96 Å². The molecule has 1 aromatic heterocycles. The summed E-state index contributed by atoms with van der Waals surface area (Å²) in [6.45, 7) is 6.98. The first-order chi connectivity index (χ1) is 14.3. The second-order valence-electron chi connectivity index (χ2n) is 7.57. The van der Waals surface area contributed by atoms with Gasteiger partial charge in [0.05, 0.1) is 24.5 Å². The van der Waals surface area contributed by atoms with E-state index in [1.165, 1.54) is 4.90 Å². The minimum absolute atomic E-state index is 0.0561. The van der Waals surface area contributed by atoms with Gasteiger partial charge in [-0.25, -0.2) is 9.67 Å². The van der Waals surface area contributed by atoms with Crippen LogP contribution in [-0.4, -0.2) is 59.0 Å². The first kappa shape index (κ1) is 22.1. The Morgan fingerprint density at radius 2 is 1.97 bits per heavy atom. The predicted octanol–water partition coefficient (Wildman–Crippen LogP) is 3.18. The Kier molecular flexibility index (Phi) is 7.02. The molecule has 2 heterocycles. The van der Waals surface area contributed by atoms with Crippen LogP contribution >= 0.6 is 0 Å². The number of para-hydroxylation sites is 1. The number of alkyl halides is 3. The molecule has 0 aliphatic carbocycles. The monoisotopic (exact) mass is 422 g/mol. The van der Waals surface area contributed by atoms with Crippen LogP contribution in [0.4, 0.5) is 13.2 Å². The number of aryl methyl sites for hydroxylation is 1. The number of benzene rings is 1. The third-order valence-corrected chi connectivity index (χ3v) is 5.20. The lowest BCUT2D eigenvalue weighted by Crippen LogP contribution is -2.45. The molecule has 0 saturated carbocycles. The van der Waals surface area contributed by atoms with E-state index in [-0.39, 0.29) is 6.04 Å². The fraction of sp³-hybridized carbons (Fsp3) is 0.524. The number of halogens is 3. The van der Waals surface area contributed by atoms with Crippen LogP contribution in [0.3, 0.4) is 0 Å². The third kappa shape index (κ3) is 5.75. The molecule has 0 spiro atoms. The van der Waals surface area contributed by atoms with Crippen LogP contribution in [0.15, 0.2) is 35.3 Å². The smallest absolute Gasteiger partial charge is 0.357 e. The maximum absolute atomic E-state index is 12.6. The molecule has 1 unspecified atom stereocenters. The second kappa shape index (κ2) is 9.51. The molecule has 9 heteroatoms. The quantitative estimate of drug-likeness (QED) is 0.555. The van der Waals surface area contributed by atoms with Gasteiger partial charge in [-0.2, -0.15) is 18.3 Å². The van der Waals surface area contributed by atoms with Crippen molar-refractivity contribution in [3.8, 4) is 5.69 Å². The van der Waals surface area contributed by atoms with Crippen LogP contribution in [0.2, 0.25) is 0 Å². The number of hydrogen-bond donors (Lipinski definition) is 2. The van der Waals surface area contributed by atoms with Gasteiger partial charge in [0.2, 0.25) is 0 Å². The van der Waals surface area contributed by atoms with Crippen LogP contribution < -0.4 is 10.6 Å². The summed E-state index contributed by atoms with van der Waals surface area (Å²) in [5.41, 5.74) is 3.97. The van der Waals surface area contributed by atoms with E-state index in [9.17, 15) is 13.2 Å². The number of aliphatic imine (C=N–C) groups is 1. The zero-order valence-corrected chi connectivity index (χ0v) is 17.6. The van der Waals surface area contributed by atoms with Gasteiger partial charge in [-0.1, -0.05) is 18.2 Å². The number of nitrogens with one attached hydrogen (secondary N) is 2. The molecule has 1 aromatic carbocycles. The lowest BCUT2D eigenvalue weighted by Gasteiger charge is -2.19. The molecule has 1 atom stereocenters. The molecule has 0 amide bonds. The highest BCUT2D eigenvalue weighted by Gasteiger charge is 2.34. The number of rotatable bonds is 6. The first-order valence-corrected chi connectivity index (χ1v) is 10.2. The normalized spacial score (nSPS) is 18.1. The molecule has 0 bridgehead atoms. The highest BCUT2D eigenvalue weighted by atomic mass is 19.4. The van der Waals surface area contributed by atoms with Crippen LogP contribution in [0.5, 0.6) is 0 Å². The van der Waals surface area contributed by atoms with Crippen molar-refractivity contribution in [2.24, 2.45) is 4.99 Å². The van der Waals surface area contributed by atoms with Gasteiger partial charge in [0.1, 0.15) is 0 Å². The molecule has 3 rings (SSSR count). The molecule has 2 aromatic rings. The maximum Gasteiger partial charge on any atom is 0.401 e. The van der Waals surface area contributed by atoms with E-state index in [0.717, 1.165) is 22.6 Å². The Hall–Kier alpha value is -2.55. The molecule has 6 nitrogen and oxygen atoms in total. The molecule has 1 aliphatic heterocycles. The number of likely N-dealkylation sites (tertiary alicyclic amines) is 1. The highest BCUT2D eigenvalue weighted by Crippen LogP contribution is 2.20. The maximum atomic E-state index is 12.6. The molecular formula is C21H29F3N6. The summed E-state index contributed by atoms with van der Waals surface area (Å²) < 4.78 is 39.8. The van der Waals surface area contributed by atoms with Gasteiger partial charge in [-0.15, -0.1) is 0 Å². The summed E-state index contributed by atoms with van der Waals surface area (Å²) in [5.74, 6) is 0.614. The van der Waals surface area contributed by atoms with Gasteiger partial charge in [-0.05, 0) is 39.3 Å². The van der Waals surface area contributed by atoms with Crippen molar-refractivity contribution in [1.82, 2.24) is 25.3 Å². The average molecular weight is 422 g/mol. The van der Waals surface area contributed by atoms with E-state index in [1.54, 1.807) is 0 Å². The fourth-order valence-corrected chi connectivity index (χ4v) is 3.74. The highest BCUT2D eigenvalue weighted by molar-refractivity contribution is 5.80. The number of aromatic nitrogens is 2. The summed E-state index contributed by atoms with van der Waals surface area (Å²) in [6.07, 6.45) is -3.51. The number of hydrogen-bond acceptors (Lipinski definition) is 3. The van der Waals surface area contributed by atoms with Crippen molar-refractivity contribution in [2.45, 2.75) is 46.0 Å². The Balaban J connectivity index is 1.68. The van der Waals surface area contributed by atoms with E-state index in [0.29, 0.717) is 38.6 Å². The zero-order chi connectivity index (χ0) is 21.7. The second-order valence-corrected chi connectivity index (χ2v) is 7.57. The van der Waals surface area contributed by atoms with Crippen LogP contribution in [0.25, 0.3) is 5.69 Å². The van der Waals surface area contributed by atoms with Gasteiger partial charge in [-0.3, -0.25) is 4.90 Å². The van der Waals surface area contributed by atoms with E-state index in [1.807, 2.05) is 55.8 Å². The summed E-state index contributed by atoms with van der Waals surface area (Å²) in [5, 5.41) is 11.1. The summed E-state index contributed by atoms with van der Waals surface area (Å²) in [6, 6.07) is 9.86. The topological polar surface area (TPSA) is 57.5 Å². The van der Waals surface area contributed by atoms with Gasteiger partial charge < -0.3 is 10.6 Å². The standard InChI is InChI=1S/C21H29F3N6/c1-4-25-20(27-17-10-11-29(13-17)14-21(22,23)24)26-12-19-15(2)28-30(16(19)3)18-8-6-5-7-9-18/h5-9,17H,4,10-14H2,1-3H3,(H2,25,26,27). The molecule has 1 aliphatic rings. The summed E-state index contributed by atoms with van der Waals surface area (Å²) in [4.78, 5) is 6.11. The average Bonchev–Trinajstić information content (AvgIpc) is 3.23. The van der Waals surface area contributed by atoms with Gasteiger partial charge in [0.25, 0.3) is 0 Å². The largest absolute Gasteiger partial charge is 0.401 e. The van der Waals surface area contributed by atoms with Gasteiger partial charge >= 0.3 is 6.18 Å². The molecular weight excluding hydrogens is 393 g/mol. The van der Waals surface area contributed by atoms with E-state index in [2.05, 4.69) is 20.7 Å². The zero-order valence-electron chi connectivity index (χ0n) is 17.6. The van der Waals surface area contributed by atoms with Crippen LogP contribution in [-0.2, 0) is 6.54 Å². The van der Waals surface area contributed by atoms with Crippen LogP contribution in [0, 0.1) is 13.8 Å². The first-order valence-electron chi connectivity index (χ1n) is 10.2. The number of nitrogens with zero attached hydrogens (tertiary/aromatic N) is 4. The van der Waals surface area contributed by atoms with Crippen molar-refractivity contribution in [2.75, 3.05) is 26.2 Å². The van der Waals surface area contributed by atoms with Crippen molar-refractivity contribution in [1.29, 1.82) is 0 Å². The Morgan fingerprint density at radius 3 is 2.63 bits per heavy atom. The fourth-order valence-electron chi connectivity index (χ4n) is 3.74. The van der Waals surface area contributed by atoms with Crippen molar-refractivity contribution in [3.05, 3.63) is 47.3 Å². The Morgan fingerprint density at radius 1 is 1.23 bits per heavy atom. The van der Waals surface area contributed by atoms with Gasteiger partial charge in [0, 0.05) is 36.9 Å². The van der Waals surface area contributed by atoms with Crippen molar-refractivity contribution < 1.29 is 13.2 Å². The van der Waals surface area contributed by atoms with Crippen LogP contribution in [0.1, 0.15) is 30.3 Å². The summed E-state index contributed by atoms with van der Waals surface area (Å²) >= 11 is 0. The van der Waals surface area contributed by atoms with Gasteiger partial charge in [0.15, 0.2) is 5.96 Å².